The molecule has 2 aromatic rings. The molecule has 0 radical (unpaired) electrons. The fourth-order valence-corrected chi connectivity index (χ4v) is 3.55. The Morgan fingerprint density at radius 1 is 1.15 bits per heavy atom. The van der Waals surface area contributed by atoms with Crippen molar-refractivity contribution in [2.45, 2.75) is 31.4 Å². The van der Waals surface area contributed by atoms with Crippen LogP contribution in [0.3, 0.4) is 0 Å². The van der Waals surface area contributed by atoms with Crippen molar-refractivity contribution < 1.29 is 31.5 Å². The van der Waals surface area contributed by atoms with Crippen LogP contribution < -0.4 is 9.46 Å². The number of ether oxygens (including phenoxy) is 2. The normalized spacial score (nSPS) is 12.6. The lowest BCUT2D eigenvalue weighted by molar-refractivity contribution is -0.0499. The number of benzene rings is 2. The van der Waals surface area contributed by atoms with Crippen LogP contribution in [0.15, 0.2) is 53.4 Å². The number of esters is 1. The van der Waals surface area contributed by atoms with Crippen molar-refractivity contribution >= 4 is 16.0 Å². The Balaban J connectivity index is 2.14. The van der Waals surface area contributed by atoms with E-state index in [0.717, 1.165) is 0 Å². The Bertz CT molecular complexity index is 885. The predicted molar refractivity (Wildman–Crippen MR) is 94.2 cm³/mol. The molecule has 0 aliphatic rings. The number of sulfonamides is 1. The molecule has 0 aliphatic carbocycles. The first kappa shape index (κ1) is 20.8. The molecule has 0 bridgehead atoms. The zero-order chi connectivity index (χ0) is 20.0. The Labute approximate surface area is 156 Å². The van der Waals surface area contributed by atoms with E-state index in [9.17, 15) is 22.0 Å². The Hall–Kier alpha value is -2.52. The molecule has 1 atom stereocenters. The summed E-state index contributed by atoms with van der Waals surface area (Å²) in [5.41, 5.74) is 0.695. The van der Waals surface area contributed by atoms with Crippen molar-refractivity contribution in [1.82, 2.24) is 4.72 Å². The fourth-order valence-electron chi connectivity index (χ4n) is 2.31. The maximum atomic E-state index is 12.5. The van der Waals surface area contributed by atoms with Gasteiger partial charge in [0.05, 0.1) is 17.1 Å². The smallest absolute Gasteiger partial charge is 0.387 e. The van der Waals surface area contributed by atoms with Crippen LogP contribution in [0.25, 0.3) is 0 Å². The molecular weight excluding hydrogens is 380 g/mol. The van der Waals surface area contributed by atoms with Gasteiger partial charge in [-0.25, -0.2) is 17.9 Å². The summed E-state index contributed by atoms with van der Waals surface area (Å²) in [6, 6.07) is 10.4. The van der Waals surface area contributed by atoms with Gasteiger partial charge < -0.3 is 9.47 Å². The van der Waals surface area contributed by atoms with E-state index in [1.54, 1.807) is 19.9 Å². The number of rotatable bonds is 8. The van der Waals surface area contributed by atoms with Gasteiger partial charge in [0.15, 0.2) is 0 Å². The average Bonchev–Trinajstić information content (AvgIpc) is 2.61. The van der Waals surface area contributed by atoms with Crippen LogP contribution in [-0.4, -0.2) is 27.6 Å². The highest BCUT2D eigenvalue weighted by atomic mass is 32.2. The summed E-state index contributed by atoms with van der Waals surface area (Å²) in [4.78, 5) is 11.6. The quantitative estimate of drug-likeness (QED) is 0.687. The molecule has 0 fully saturated rings. The van der Waals surface area contributed by atoms with Crippen molar-refractivity contribution in [2.24, 2.45) is 0 Å². The number of alkyl halides is 2. The summed E-state index contributed by atoms with van der Waals surface area (Å²) in [5, 5.41) is 0. The summed E-state index contributed by atoms with van der Waals surface area (Å²) in [7, 11) is -3.89. The lowest BCUT2D eigenvalue weighted by atomic mass is 10.1. The fraction of sp³-hybridized carbons (Fsp3) is 0.278. The largest absolute Gasteiger partial charge is 0.462 e. The van der Waals surface area contributed by atoms with Gasteiger partial charge in [0, 0.05) is 6.04 Å². The van der Waals surface area contributed by atoms with E-state index in [4.69, 9.17) is 4.74 Å². The monoisotopic (exact) mass is 399 g/mol. The molecule has 1 unspecified atom stereocenters. The molecule has 2 aromatic carbocycles. The minimum absolute atomic E-state index is 0.0395. The lowest BCUT2D eigenvalue weighted by Crippen LogP contribution is -2.27. The number of carbonyl (C=O) groups is 1. The van der Waals surface area contributed by atoms with Gasteiger partial charge in [-0.1, -0.05) is 12.1 Å². The first-order chi connectivity index (χ1) is 12.7. The summed E-state index contributed by atoms with van der Waals surface area (Å²) in [6.07, 6.45) is 0. The zero-order valence-electron chi connectivity index (χ0n) is 14.7. The van der Waals surface area contributed by atoms with E-state index in [1.165, 1.54) is 42.5 Å². The van der Waals surface area contributed by atoms with E-state index in [1.807, 2.05) is 0 Å². The van der Waals surface area contributed by atoms with Crippen molar-refractivity contribution in [3.63, 3.8) is 0 Å². The molecule has 0 saturated carbocycles. The van der Waals surface area contributed by atoms with E-state index in [2.05, 4.69) is 9.46 Å². The molecule has 27 heavy (non-hydrogen) atoms. The molecule has 1 N–H and O–H groups in total. The molecule has 146 valence electrons. The van der Waals surface area contributed by atoms with E-state index in [0.29, 0.717) is 5.56 Å². The highest BCUT2D eigenvalue weighted by Gasteiger charge is 2.19. The van der Waals surface area contributed by atoms with Crippen molar-refractivity contribution in [3.8, 4) is 5.75 Å². The Morgan fingerprint density at radius 3 is 2.41 bits per heavy atom. The summed E-state index contributed by atoms with van der Waals surface area (Å²) < 4.78 is 61.3. The van der Waals surface area contributed by atoms with Gasteiger partial charge in [-0.2, -0.15) is 8.78 Å². The zero-order valence-corrected chi connectivity index (χ0v) is 15.5. The number of carbonyl (C=O) groups excluding carboxylic acids is 1. The van der Waals surface area contributed by atoms with Gasteiger partial charge in [0.25, 0.3) is 0 Å². The number of nitrogens with one attached hydrogen (secondary N) is 1. The van der Waals surface area contributed by atoms with E-state index < -0.39 is 28.6 Å². The van der Waals surface area contributed by atoms with Crippen LogP contribution in [0.1, 0.15) is 35.8 Å². The molecule has 9 heteroatoms. The number of hydrogen-bond donors (Lipinski definition) is 1. The Kier molecular flexibility index (Phi) is 6.86. The number of halogens is 2. The standard InChI is InChI=1S/C18H19F2NO5S/c1-3-25-17(22)13-7-9-16(10-8-13)27(23,24)21-12(2)14-5-4-6-15(11-14)26-18(19)20/h4-12,18,21H,3H2,1-2H3. The van der Waals surface area contributed by atoms with Crippen molar-refractivity contribution in [2.75, 3.05) is 6.61 Å². The summed E-state index contributed by atoms with van der Waals surface area (Å²) in [6.45, 7) is 0.493. The molecule has 0 amide bonds. The maximum Gasteiger partial charge on any atom is 0.387 e. The third-order valence-electron chi connectivity index (χ3n) is 3.59. The van der Waals surface area contributed by atoms with Gasteiger partial charge in [-0.05, 0) is 55.8 Å². The van der Waals surface area contributed by atoms with Gasteiger partial charge >= 0.3 is 12.6 Å². The molecule has 6 nitrogen and oxygen atoms in total. The summed E-state index contributed by atoms with van der Waals surface area (Å²) >= 11 is 0. The van der Waals surface area contributed by atoms with E-state index in [-0.39, 0.29) is 22.8 Å². The molecule has 2 rings (SSSR count). The highest BCUT2D eigenvalue weighted by molar-refractivity contribution is 7.89. The number of hydrogen-bond acceptors (Lipinski definition) is 5. The van der Waals surface area contributed by atoms with Crippen LogP contribution in [0.2, 0.25) is 0 Å². The van der Waals surface area contributed by atoms with Gasteiger partial charge in [0.2, 0.25) is 10.0 Å². The van der Waals surface area contributed by atoms with Gasteiger partial charge in [0.1, 0.15) is 5.75 Å². The Morgan fingerprint density at radius 2 is 1.81 bits per heavy atom. The summed E-state index contributed by atoms with van der Waals surface area (Å²) in [5.74, 6) is -0.606. The third kappa shape index (κ3) is 5.73. The molecule has 0 aliphatic heterocycles. The molecule has 0 aromatic heterocycles. The minimum atomic E-state index is -3.89. The van der Waals surface area contributed by atoms with Crippen LogP contribution in [0, 0.1) is 0 Å². The predicted octanol–water partition coefficient (Wildman–Crippen LogP) is 3.50. The van der Waals surface area contributed by atoms with Crippen molar-refractivity contribution in [1.29, 1.82) is 0 Å². The van der Waals surface area contributed by atoms with Gasteiger partial charge in [-0.15, -0.1) is 0 Å². The molecule has 0 saturated heterocycles. The second kappa shape index (κ2) is 8.92. The first-order valence-corrected chi connectivity index (χ1v) is 9.55. The maximum absolute atomic E-state index is 12.5. The van der Waals surface area contributed by atoms with Gasteiger partial charge in [-0.3, -0.25) is 0 Å². The molecular formula is C18H19F2NO5S. The van der Waals surface area contributed by atoms with E-state index >= 15 is 0 Å². The van der Waals surface area contributed by atoms with Crippen molar-refractivity contribution in [3.05, 3.63) is 59.7 Å². The SMILES string of the molecule is CCOC(=O)c1ccc(S(=O)(=O)NC(C)c2cccc(OC(F)F)c2)cc1. The second-order valence-electron chi connectivity index (χ2n) is 5.54. The second-order valence-corrected chi connectivity index (χ2v) is 7.25. The minimum Gasteiger partial charge on any atom is -0.462 e. The third-order valence-corrected chi connectivity index (χ3v) is 5.15. The van der Waals surface area contributed by atoms with Crippen LogP contribution in [0.5, 0.6) is 5.75 Å². The lowest BCUT2D eigenvalue weighted by Gasteiger charge is -2.16. The molecule has 0 heterocycles. The first-order valence-electron chi connectivity index (χ1n) is 8.07. The van der Waals surface area contributed by atoms with Crippen LogP contribution in [-0.2, 0) is 14.8 Å². The van der Waals surface area contributed by atoms with Crippen LogP contribution >= 0.6 is 0 Å². The van der Waals surface area contributed by atoms with Crippen LogP contribution in [0.4, 0.5) is 8.78 Å². The average molecular weight is 399 g/mol. The molecule has 0 spiro atoms. The highest BCUT2D eigenvalue weighted by Crippen LogP contribution is 2.22. The topological polar surface area (TPSA) is 81.7 Å².